The molecule has 3 rings (SSSR count). The van der Waals surface area contributed by atoms with Gasteiger partial charge in [0.25, 0.3) is 0 Å². The Hall–Kier alpha value is -1.27. The molecule has 0 bridgehead atoms. The van der Waals surface area contributed by atoms with Gasteiger partial charge in [0.2, 0.25) is 5.78 Å². The third kappa shape index (κ3) is 1.87. The summed E-state index contributed by atoms with van der Waals surface area (Å²) < 4.78 is 7.17. The fraction of sp³-hybridized carbons (Fsp3) is 0.727. The molecule has 0 aromatic carbocycles. The normalized spacial score (nSPS) is 29.2. The number of hydrogen-bond donors (Lipinski definition) is 0. The van der Waals surface area contributed by atoms with E-state index in [9.17, 15) is 4.79 Å². The highest BCUT2D eigenvalue weighted by Crippen LogP contribution is 2.23. The molecule has 2 aliphatic rings. The first-order chi connectivity index (χ1) is 8.25. The molecule has 3 heterocycles. The van der Waals surface area contributed by atoms with Crippen LogP contribution in [0.5, 0.6) is 0 Å². The van der Waals surface area contributed by atoms with Gasteiger partial charge in [0.15, 0.2) is 0 Å². The van der Waals surface area contributed by atoms with E-state index in [1.54, 1.807) is 7.05 Å². The van der Waals surface area contributed by atoms with Gasteiger partial charge in [0.1, 0.15) is 11.8 Å². The SMILES string of the molecule is Cn1nncc1C(=O)C1CN2CCCC2CO1. The van der Waals surface area contributed by atoms with E-state index in [-0.39, 0.29) is 11.9 Å². The summed E-state index contributed by atoms with van der Waals surface area (Å²) in [6.07, 6.45) is 3.54. The fourth-order valence-electron chi connectivity index (χ4n) is 2.65. The minimum atomic E-state index is -0.360. The highest BCUT2D eigenvalue weighted by Gasteiger charge is 2.36. The number of ether oxygens (including phenoxy) is 1. The average molecular weight is 236 g/mol. The van der Waals surface area contributed by atoms with Crippen molar-refractivity contribution in [2.45, 2.75) is 25.0 Å². The molecule has 2 fully saturated rings. The molecule has 92 valence electrons. The number of fused-ring (bicyclic) bond motifs is 1. The molecule has 2 saturated heterocycles. The van der Waals surface area contributed by atoms with Crippen LogP contribution in [-0.4, -0.2) is 57.5 Å². The van der Waals surface area contributed by atoms with Crippen LogP contribution >= 0.6 is 0 Å². The van der Waals surface area contributed by atoms with E-state index >= 15 is 0 Å². The van der Waals surface area contributed by atoms with E-state index in [0.717, 1.165) is 6.54 Å². The molecule has 6 nitrogen and oxygen atoms in total. The van der Waals surface area contributed by atoms with Gasteiger partial charge in [-0.05, 0) is 19.4 Å². The van der Waals surface area contributed by atoms with Gasteiger partial charge in [0.05, 0.1) is 12.8 Å². The van der Waals surface area contributed by atoms with Crippen molar-refractivity contribution in [1.29, 1.82) is 0 Å². The Balaban J connectivity index is 1.73. The standard InChI is InChI=1S/C11H16N4O2/c1-14-9(5-12-13-14)11(16)10-6-15-4-2-3-8(15)7-17-10/h5,8,10H,2-4,6-7H2,1H3. The first-order valence-electron chi connectivity index (χ1n) is 6.00. The second-order valence-corrected chi connectivity index (χ2v) is 4.72. The lowest BCUT2D eigenvalue weighted by molar-refractivity contribution is -0.0348. The van der Waals surface area contributed by atoms with Crippen molar-refractivity contribution < 1.29 is 9.53 Å². The Bertz CT molecular complexity index is 431. The zero-order valence-corrected chi connectivity index (χ0v) is 9.87. The van der Waals surface area contributed by atoms with Gasteiger partial charge in [0, 0.05) is 19.6 Å². The number of rotatable bonds is 2. The quantitative estimate of drug-likeness (QED) is 0.669. The summed E-state index contributed by atoms with van der Waals surface area (Å²) >= 11 is 0. The predicted octanol–water partition coefficient (Wildman–Crippen LogP) is -0.139. The molecular weight excluding hydrogens is 220 g/mol. The molecule has 17 heavy (non-hydrogen) atoms. The van der Waals surface area contributed by atoms with Gasteiger partial charge in [-0.3, -0.25) is 9.69 Å². The van der Waals surface area contributed by atoms with Crippen molar-refractivity contribution in [2.24, 2.45) is 7.05 Å². The molecular formula is C11H16N4O2. The molecule has 0 saturated carbocycles. The smallest absolute Gasteiger partial charge is 0.212 e. The first kappa shape index (κ1) is 10.9. The van der Waals surface area contributed by atoms with E-state index in [1.807, 2.05) is 0 Å². The monoisotopic (exact) mass is 236 g/mol. The van der Waals surface area contributed by atoms with Crippen LogP contribution < -0.4 is 0 Å². The van der Waals surface area contributed by atoms with Crippen LogP contribution in [0.2, 0.25) is 0 Å². The number of ketones is 1. The van der Waals surface area contributed by atoms with E-state index in [2.05, 4.69) is 15.2 Å². The van der Waals surface area contributed by atoms with Crippen LogP contribution in [0.15, 0.2) is 6.20 Å². The van der Waals surface area contributed by atoms with Crippen molar-refractivity contribution in [3.8, 4) is 0 Å². The highest BCUT2D eigenvalue weighted by molar-refractivity contribution is 5.98. The van der Waals surface area contributed by atoms with Crippen LogP contribution in [0, 0.1) is 0 Å². The van der Waals surface area contributed by atoms with Crippen LogP contribution in [0.1, 0.15) is 23.3 Å². The Morgan fingerprint density at radius 2 is 2.47 bits per heavy atom. The Labute approximate surface area is 99.5 Å². The maximum Gasteiger partial charge on any atom is 0.212 e. The summed E-state index contributed by atoms with van der Waals surface area (Å²) in [7, 11) is 1.72. The van der Waals surface area contributed by atoms with Crippen LogP contribution in [0.25, 0.3) is 0 Å². The first-order valence-corrected chi connectivity index (χ1v) is 6.00. The van der Waals surface area contributed by atoms with Crippen LogP contribution in [0.3, 0.4) is 0 Å². The summed E-state index contributed by atoms with van der Waals surface area (Å²) in [4.78, 5) is 14.6. The number of aromatic nitrogens is 3. The summed E-state index contributed by atoms with van der Waals surface area (Å²) in [5.41, 5.74) is 0.521. The van der Waals surface area contributed by atoms with Gasteiger partial charge in [-0.2, -0.15) is 0 Å². The second kappa shape index (κ2) is 4.19. The zero-order valence-electron chi connectivity index (χ0n) is 9.87. The number of aryl methyl sites for hydroxylation is 1. The zero-order chi connectivity index (χ0) is 11.8. The van der Waals surface area contributed by atoms with Gasteiger partial charge >= 0.3 is 0 Å². The third-order valence-electron chi connectivity index (χ3n) is 3.65. The largest absolute Gasteiger partial charge is 0.367 e. The topological polar surface area (TPSA) is 60.2 Å². The van der Waals surface area contributed by atoms with E-state index in [1.165, 1.54) is 23.7 Å². The number of morpholine rings is 1. The summed E-state index contributed by atoms with van der Waals surface area (Å²) in [6.45, 7) is 2.46. The number of carbonyl (C=O) groups excluding carboxylic acids is 1. The van der Waals surface area contributed by atoms with E-state index < -0.39 is 0 Å². The van der Waals surface area contributed by atoms with Gasteiger partial charge in [-0.15, -0.1) is 5.10 Å². The second-order valence-electron chi connectivity index (χ2n) is 4.72. The van der Waals surface area contributed by atoms with Crippen molar-refractivity contribution in [3.63, 3.8) is 0 Å². The molecule has 2 aliphatic heterocycles. The average Bonchev–Trinajstić information content (AvgIpc) is 2.95. The molecule has 0 radical (unpaired) electrons. The lowest BCUT2D eigenvalue weighted by atomic mass is 10.1. The van der Waals surface area contributed by atoms with Crippen LogP contribution in [0.4, 0.5) is 0 Å². The number of nitrogens with zero attached hydrogens (tertiary/aromatic N) is 4. The molecule has 0 N–H and O–H groups in total. The Morgan fingerprint density at radius 3 is 3.24 bits per heavy atom. The molecule has 6 heteroatoms. The Morgan fingerprint density at radius 1 is 1.59 bits per heavy atom. The molecule has 2 atom stereocenters. The summed E-state index contributed by atoms with van der Waals surface area (Å²) in [6, 6.07) is 0.517. The molecule has 0 amide bonds. The van der Waals surface area contributed by atoms with E-state index in [0.29, 0.717) is 24.9 Å². The summed E-state index contributed by atoms with van der Waals surface area (Å²) in [5.74, 6) is -0.0112. The lowest BCUT2D eigenvalue weighted by Gasteiger charge is -2.34. The number of Topliss-reactive ketones (excluding diaryl/α,β-unsaturated/α-hetero) is 1. The summed E-state index contributed by atoms with van der Waals surface area (Å²) in [5, 5.41) is 7.50. The van der Waals surface area contributed by atoms with Crippen LogP contribution in [-0.2, 0) is 11.8 Å². The van der Waals surface area contributed by atoms with Gasteiger partial charge < -0.3 is 4.74 Å². The van der Waals surface area contributed by atoms with Crippen molar-refractivity contribution in [3.05, 3.63) is 11.9 Å². The molecule has 1 aromatic rings. The highest BCUT2D eigenvalue weighted by atomic mass is 16.5. The lowest BCUT2D eigenvalue weighted by Crippen LogP contribution is -2.49. The molecule has 0 aliphatic carbocycles. The molecule has 1 aromatic heterocycles. The van der Waals surface area contributed by atoms with E-state index in [4.69, 9.17) is 4.74 Å². The predicted molar refractivity (Wildman–Crippen MR) is 59.7 cm³/mol. The van der Waals surface area contributed by atoms with Crippen molar-refractivity contribution in [1.82, 2.24) is 19.9 Å². The molecule has 0 spiro atoms. The number of hydrogen-bond acceptors (Lipinski definition) is 5. The maximum absolute atomic E-state index is 12.2. The third-order valence-corrected chi connectivity index (χ3v) is 3.65. The number of carbonyl (C=O) groups is 1. The van der Waals surface area contributed by atoms with Crippen molar-refractivity contribution in [2.75, 3.05) is 19.7 Å². The van der Waals surface area contributed by atoms with Gasteiger partial charge in [-0.25, -0.2) is 4.68 Å². The minimum absolute atomic E-state index is 0.0112. The minimum Gasteiger partial charge on any atom is -0.367 e. The molecule has 2 unspecified atom stereocenters. The fourth-order valence-corrected chi connectivity index (χ4v) is 2.65. The van der Waals surface area contributed by atoms with Gasteiger partial charge in [-0.1, -0.05) is 5.21 Å². The Kier molecular flexibility index (Phi) is 2.68. The maximum atomic E-state index is 12.2. The van der Waals surface area contributed by atoms with Crippen molar-refractivity contribution >= 4 is 5.78 Å².